The van der Waals surface area contributed by atoms with Crippen LogP contribution in [0.2, 0.25) is 0 Å². The number of carbonyl (C=O) groups excluding carboxylic acids is 1. The highest BCUT2D eigenvalue weighted by Crippen LogP contribution is 2.32. The van der Waals surface area contributed by atoms with Crippen LogP contribution in [0.25, 0.3) is 0 Å². The minimum absolute atomic E-state index is 0.304. The maximum Gasteiger partial charge on any atom is 0.225 e. The monoisotopic (exact) mass is 273 g/mol. The van der Waals surface area contributed by atoms with Crippen molar-refractivity contribution in [3.8, 4) is 0 Å². The van der Waals surface area contributed by atoms with Crippen molar-refractivity contribution < 1.29 is 9.53 Å². The molecule has 0 atom stereocenters. The van der Waals surface area contributed by atoms with Gasteiger partial charge in [0.2, 0.25) is 5.91 Å². The first-order chi connectivity index (χ1) is 9.83. The van der Waals surface area contributed by atoms with Crippen LogP contribution in [0.1, 0.15) is 31.2 Å². The highest BCUT2D eigenvalue weighted by molar-refractivity contribution is 5.81. The van der Waals surface area contributed by atoms with Gasteiger partial charge in [-0.05, 0) is 37.2 Å². The van der Waals surface area contributed by atoms with Crippen molar-refractivity contribution in [2.24, 2.45) is 11.8 Å². The average molecular weight is 273 g/mol. The molecular weight excluding hydrogens is 250 g/mol. The average Bonchev–Trinajstić information content (AvgIpc) is 3.33. The number of amides is 1. The lowest BCUT2D eigenvalue weighted by Gasteiger charge is -2.30. The van der Waals surface area contributed by atoms with Gasteiger partial charge < -0.3 is 9.64 Å². The number of hydrogen-bond donors (Lipinski definition) is 0. The lowest BCUT2D eigenvalue weighted by atomic mass is 9.99. The Balaban J connectivity index is 1.64. The van der Waals surface area contributed by atoms with E-state index in [-0.39, 0.29) is 0 Å². The van der Waals surface area contributed by atoms with Crippen molar-refractivity contribution in [2.75, 3.05) is 19.8 Å². The summed E-state index contributed by atoms with van der Waals surface area (Å²) >= 11 is 0. The van der Waals surface area contributed by atoms with Gasteiger partial charge in [0.25, 0.3) is 0 Å². The minimum Gasteiger partial charge on any atom is -0.381 e. The molecule has 1 aliphatic carbocycles. The molecule has 2 aliphatic rings. The predicted octanol–water partition coefficient (Wildman–Crippen LogP) is 2.85. The van der Waals surface area contributed by atoms with Gasteiger partial charge in [0, 0.05) is 32.2 Å². The first-order valence-electron chi connectivity index (χ1n) is 7.73. The van der Waals surface area contributed by atoms with E-state index in [9.17, 15) is 4.79 Å². The van der Waals surface area contributed by atoms with E-state index in [2.05, 4.69) is 17.0 Å². The van der Waals surface area contributed by atoms with Crippen LogP contribution in [0.15, 0.2) is 30.3 Å². The maximum atomic E-state index is 12.5. The summed E-state index contributed by atoms with van der Waals surface area (Å²) in [5, 5.41) is 0. The fraction of sp³-hybridized carbons (Fsp3) is 0.588. The third-order valence-corrected chi connectivity index (χ3v) is 4.27. The zero-order valence-electron chi connectivity index (χ0n) is 12.0. The van der Waals surface area contributed by atoms with Crippen molar-refractivity contribution in [1.29, 1.82) is 0 Å². The lowest BCUT2D eigenvalue weighted by Crippen LogP contribution is -2.37. The van der Waals surface area contributed by atoms with Crippen LogP contribution in [-0.2, 0) is 16.1 Å². The van der Waals surface area contributed by atoms with E-state index in [0.717, 1.165) is 52.0 Å². The molecule has 1 heterocycles. The Bertz CT molecular complexity index is 436. The number of hydrogen-bond acceptors (Lipinski definition) is 2. The molecule has 0 aromatic heterocycles. The molecule has 20 heavy (non-hydrogen) atoms. The topological polar surface area (TPSA) is 29.5 Å². The quantitative estimate of drug-likeness (QED) is 0.825. The fourth-order valence-electron chi connectivity index (χ4n) is 2.87. The molecule has 1 aromatic rings. The predicted molar refractivity (Wildman–Crippen MR) is 78.1 cm³/mol. The van der Waals surface area contributed by atoms with Crippen LogP contribution in [0.3, 0.4) is 0 Å². The summed E-state index contributed by atoms with van der Waals surface area (Å²) < 4.78 is 5.42. The summed E-state index contributed by atoms with van der Waals surface area (Å²) in [6.45, 7) is 3.35. The molecule has 0 spiro atoms. The van der Waals surface area contributed by atoms with Crippen LogP contribution in [-0.4, -0.2) is 30.6 Å². The molecule has 108 valence electrons. The second-order valence-electron chi connectivity index (χ2n) is 6.03. The highest BCUT2D eigenvalue weighted by atomic mass is 16.5. The van der Waals surface area contributed by atoms with E-state index < -0.39 is 0 Å². The molecule has 1 saturated heterocycles. The summed E-state index contributed by atoms with van der Waals surface area (Å²) in [6, 6.07) is 10.3. The maximum absolute atomic E-state index is 12.5. The van der Waals surface area contributed by atoms with Crippen LogP contribution in [0.5, 0.6) is 0 Å². The third kappa shape index (κ3) is 3.60. The van der Waals surface area contributed by atoms with Gasteiger partial charge in [0.15, 0.2) is 0 Å². The van der Waals surface area contributed by atoms with Gasteiger partial charge in [-0.2, -0.15) is 0 Å². The fourth-order valence-corrected chi connectivity index (χ4v) is 2.87. The molecule has 1 aliphatic heterocycles. The third-order valence-electron chi connectivity index (χ3n) is 4.27. The number of ether oxygens (including phenoxy) is 1. The van der Waals surface area contributed by atoms with E-state index in [1.54, 1.807) is 0 Å². The molecule has 0 bridgehead atoms. The molecule has 1 saturated carbocycles. The van der Waals surface area contributed by atoms with Crippen molar-refractivity contribution in [3.05, 3.63) is 35.9 Å². The van der Waals surface area contributed by atoms with Gasteiger partial charge in [-0.15, -0.1) is 0 Å². The number of rotatable bonds is 5. The second-order valence-corrected chi connectivity index (χ2v) is 6.03. The summed E-state index contributed by atoms with van der Waals surface area (Å²) in [5.74, 6) is 1.27. The molecule has 3 heteroatoms. The van der Waals surface area contributed by atoms with Gasteiger partial charge in [-0.1, -0.05) is 30.3 Å². The van der Waals surface area contributed by atoms with Crippen LogP contribution in [0.4, 0.5) is 0 Å². The van der Waals surface area contributed by atoms with Crippen molar-refractivity contribution in [2.45, 2.75) is 32.2 Å². The van der Waals surface area contributed by atoms with Crippen LogP contribution < -0.4 is 0 Å². The molecule has 1 amide bonds. The largest absolute Gasteiger partial charge is 0.381 e. The Morgan fingerprint density at radius 1 is 1.10 bits per heavy atom. The summed E-state index contributed by atoms with van der Waals surface area (Å²) in [6.07, 6.45) is 4.34. The molecule has 1 aromatic carbocycles. The van der Waals surface area contributed by atoms with E-state index in [1.807, 2.05) is 18.2 Å². The van der Waals surface area contributed by atoms with Crippen molar-refractivity contribution >= 4 is 5.91 Å². The van der Waals surface area contributed by atoms with E-state index in [0.29, 0.717) is 17.7 Å². The Kier molecular flexibility index (Phi) is 4.36. The summed E-state index contributed by atoms with van der Waals surface area (Å²) in [7, 11) is 0. The van der Waals surface area contributed by atoms with Gasteiger partial charge in [-0.3, -0.25) is 4.79 Å². The Morgan fingerprint density at radius 3 is 2.45 bits per heavy atom. The van der Waals surface area contributed by atoms with Gasteiger partial charge >= 0.3 is 0 Å². The molecule has 2 fully saturated rings. The van der Waals surface area contributed by atoms with Crippen LogP contribution >= 0.6 is 0 Å². The molecule has 3 rings (SSSR count). The summed E-state index contributed by atoms with van der Waals surface area (Å²) in [5.41, 5.74) is 1.23. The van der Waals surface area contributed by atoms with Crippen molar-refractivity contribution in [1.82, 2.24) is 4.90 Å². The smallest absolute Gasteiger partial charge is 0.225 e. The zero-order valence-corrected chi connectivity index (χ0v) is 12.0. The Morgan fingerprint density at radius 2 is 1.80 bits per heavy atom. The van der Waals surface area contributed by atoms with E-state index in [1.165, 1.54) is 5.56 Å². The molecule has 3 nitrogen and oxygen atoms in total. The first kappa shape index (κ1) is 13.6. The van der Waals surface area contributed by atoms with E-state index >= 15 is 0 Å². The number of carbonyl (C=O) groups is 1. The number of nitrogens with zero attached hydrogens (tertiary/aromatic N) is 1. The zero-order chi connectivity index (χ0) is 13.8. The molecule has 0 radical (unpaired) electrons. The summed E-state index contributed by atoms with van der Waals surface area (Å²) in [4.78, 5) is 14.6. The Labute approximate surface area is 120 Å². The number of benzene rings is 1. The standard InChI is InChI=1S/C17H23NO2/c19-17(16-6-7-16)18(12-14-4-2-1-3-5-14)13-15-8-10-20-11-9-15/h1-5,15-16H,6-13H2. The Hall–Kier alpha value is -1.35. The second kappa shape index (κ2) is 6.40. The normalized spacial score (nSPS) is 19.8. The van der Waals surface area contributed by atoms with E-state index in [4.69, 9.17) is 4.74 Å². The minimum atomic E-state index is 0.304. The molecular formula is C17H23NO2. The van der Waals surface area contributed by atoms with Gasteiger partial charge in [0.1, 0.15) is 0 Å². The first-order valence-corrected chi connectivity index (χ1v) is 7.73. The molecule has 0 unspecified atom stereocenters. The van der Waals surface area contributed by atoms with Gasteiger partial charge in [0.05, 0.1) is 0 Å². The SMILES string of the molecule is O=C(C1CC1)N(Cc1ccccc1)CC1CCOCC1. The van der Waals surface area contributed by atoms with Crippen molar-refractivity contribution in [3.63, 3.8) is 0 Å². The van der Waals surface area contributed by atoms with Gasteiger partial charge in [-0.25, -0.2) is 0 Å². The lowest BCUT2D eigenvalue weighted by molar-refractivity contribution is -0.134. The molecule has 0 N–H and O–H groups in total. The van der Waals surface area contributed by atoms with Crippen LogP contribution in [0, 0.1) is 11.8 Å². The highest BCUT2D eigenvalue weighted by Gasteiger charge is 2.34.